The molecule has 208 valence electrons. The smallest absolute Gasteiger partial charge is 0.135 e. The van der Waals surface area contributed by atoms with Gasteiger partial charge < -0.3 is 9.32 Å². The van der Waals surface area contributed by atoms with Gasteiger partial charge in [-0.2, -0.15) is 0 Å². The summed E-state index contributed by atoms with van der Waals surface area (Å²) in [5.74, 6) is 0.864. The molecule has 0 radical (unpaired) electrons. The van der Waals surface area contributed by atoms with Gasteiger partial charge in [0.1, 0.15) is 11.3 Å². The monoisotopic (exact) mass is 563 g/mol. The summed E-state index contributed by atoms with van der Waals surface area (Å²) in [7, 11) is 0. The third-order valence-electron chi connectivity index (χ3n) is 8.23. The Balaban J connectivity index is 1.15. The van der Waals surface area contributed by atoms with Crippen molar-refractivity contribution < 1.29 is 4.42 Å². The van der Waals surface area contributed by atoms with Crippen molar-refractivity contribution in [1.82, 2.24) is 0 Å². The minimum Gasteiger partial charge on any atom is -0.456 e. The van der Waals surface area contributed by atoms with Crippen molar-refractivity contribution in [2.75, 3.05) is 4.90 Å². The van der Waals surface area contributed by atoms with Gasteiger partial charge in [0, 0.05) is 28.0 Å². The fourth-order valence-corrected chi connectivity index (χ4v) is 6.00. The molecule has 0 fully saturated rings. The average Bonchev–Trinajstić information content (AvgIpc) is 3.54. The molecular formula is C42H29NO. The van der Waals surface area contributed by atoms with E-state index < -0.39 is 0 Å². The van der Waals surface area contributed by atoms with Crippen LogP contribution in [-0.2, 0) is 0 Å². The SMILES string of the molecule is c1ccc(N(c2ccc(-c3cccc(-c4ccc5ccccc5c4)c3)cc2)c2cccc(-c3cc4ccccc4o3)c2)cc1. The Labute approximate surface area is 257 Å². The summed E-state index contributed by atoms with van der Waals surface area (Å²) in [5, 5.41) is 3.62. The van der Waals surface area contributed by atoms with Gasteiger partial charge in [-0.05, 0) is 93.7 Å². The molecule has 0 bridgehead atoms. The van der Waals surface area contributed by atoms with Gasteiger partial charge in [-0.15, -0.1) is 0 Å². The van der Waals surface area contributed by atoms with Crippen molar-refractivity contribution in [3.05, 3.63) is 176 Å². The third kappa shape index (κ3) is 4.93. The van der Waals surface area contributed by atoms with Crippen LogP contribution in [0.1, 0.15) is 0 Å². The molecule has 2 nitrogen and oxygen atoms in total. The number of hydrogen-bond acceptors (Lipinski definition) is 2. The normalized spacial score (nSPS) is 11.2. The van der Waals surface area contributed by atoms with Gasteiger partial charge in [-0.3, -0.25) is 0 Å². The van der Waals surface area contributed by atoms with Gasteiger partial charge in [0.2, 0.25) is 0 Å². The number of nitrogens with zero attached hydrogens (tertiary/aromatic N) is 1. The fraction of sp³-hybridized carbons (Fsp3) is 0. The average molecular weight is 564 g/mol. The molecule has 0 atom stereocenters. The van der Waals surface area contributed by atoms with Crippen molar-refractivity contribution in [1.29, 1.82) is 0 Å². The maximum atomic E-state index is 6.21. The van der Waals surface area contributed by atoms with E-state index in [-0.39, 0.29) is 0 Å². The van der Waals surface area contributed by atoms with Gasteiger partial charge in [-0.1, -0.05) is 115 Å². The molecule has 0 aliphatic rings. The first-order valence-electron chi connectivity index (χ1n) is 14.9. The first-order valence-corrected chi connectivity index (χ1v) is 14.9. The van der Waals surface area contributed by atoms with E-state index in [0.717, 1.165) is 39.4 Å². The molecule has 0 N–H and O–H groups in total. The van der Waals surface area contributed by atoms with Gasteiger partial charge in [0.05, 0.1) is 0 Å². The molecule has 0 unspecified atom stereocenters. The second-order valence-electron chi connectivity index (χ2n) is 11.1. The van der Waals surface area contributed by atoms with Crippen LogP contribution in [0.3, 0.4) is 0 Å². The second kappa shape index (κ2) is 11.1. The summed E-state index contributed by atoms with van der Waals surface area (Å²) < 4.78 is 6.21. The van der Waals surface area contributed by atoms with Crippen LogP contribution in [0.25, 0.3) is 55.3 Å². The van der Waals surface area contributed by atoms with E-state index in [2.05, 4.69) is 163 Å². The zero-order chi connectivity index (χ0) is 29.3. The quantitative estimate of drug-likeness (QED) is 0.200. The largest absolute Gasteiger partial charge is 0.456 e. The molecule has 8 aromatic rings. The molecule has 8 rings (SSSR count). The topological polar surface area (TPSA) is 16.4 Å². The number of rotatable bonds is 6. The lowest BCUT2D eigenvalue weighted by Gasteiger charge is -2.26. The number of benzene rings is 7. The lowest BCUT2D eigenvalue weighted by molar-refractivity contribution is 0.631. The minimum atomic E-state index is 0.864. The molecule has 0 amide bonds. The van der Waals surface area contributed by atoms with Crippen molar-refractivity contribution in [3.63, 3.8) is 0 Å². The van der Waals surface area contributed by atoms with Crippen LogP contribution >= 0.6 is 0 Å². The number of furan rings is 1. The van der Waals surface area contributed by atoms with Crippen LogP contribution in [0.2, 0.25) is 0 Å². The van der Waals surface area contributed by atoms with Crippen molar-refractivity contribution in [2.45, 2.75) is 0 Å². The maximum absolute atomic E-state index is 6.21. The van der Waals surface area contributed by atoms with E-state index in [4.69, 9.17) is 4.42 Å². The van der Waals surface area contributed by atoms with Crippen LogP contribution in [0.4, 0.5) is 17.1 Å². The summed E-state index contributed by atoms with van der Waals surface area (Å²) in [4.78, 5) is 2.29. The molecule has 0 aliphatic heterocycles. The van der Waals surface area contributed by atoms with Gasteiger partial charge in [-0.25, -0.2) is 0 Å². The Morgan fingerprint density at radius 2 is 0.909 bits per heavy atom. The Hall–Kier alpha value is -5.86. The number of fused-ring (bicyclic) bond motifs is 2. The molecule has 7 aromatic carbocycles. The summed E-state index contributed by atoms with van der Waals surface area (Å²) in [6, 6.07) is 62.2. The highest BCUT2D eigenvalue weighted by Gasteiger charge is 2.15. The number of anilines is 3. The van der Waals surface area contributed by atoms with Crippen molar-refractivity contribution in [2.24, 2.45) is 0 Å². The van der Waals surface area contributed by atoms with Crippen molar-refractivity contribution >= 4 is 38.8 Å². The maximum Gasteiger partial charge on any atom is 0.135 e. The predicted octanol–water partition coefficient (Wildman–Crippen LogP) is 12.1. The van der Waals surface area contributed by atoms with Crippen LogP contribution in [-0.4, -0.2) is 0 Å². The predicted molar refractivity (Wildman–Crippen MR) is 185 cm³/mol. The molecule has 0 saturated heterocycles. The molecule has 2 heteroatoms. The number of para-hydroxylation sites is 2. The minimum absolute atomic E-state index is 0.864. The lowest BCUT2D eigenvalue weighted by Crippen LogP contribution is -2.09. The Bertz CT molecular complexity index is 2190. The second-order valence-corrected chi connectivity index (χ2v) is 11.1. The molecule has 1 heterocycles. The highest BCUT2D eigenvalue weighted by atomic mass is 16.3. The van der Waals surface area contributed by atoms with E-state index in [1.54, 1.807) is 0 Å². The van der Waals surface area contributed by atoms with Gasteiger partial charge in [0.15, 0.2) is 0 Å². The lowest BCUT2D eigenvalue weighted by atomic mass is 9.97. The van der Waals surface area contributed by atoms with Crippen LogP contribution in [0.5, 0.6) is 0 Å². The Morgan fingerprint density at radius 1 is 0.318 bits per heavy atom. The summed E-state index contributed by atoms with van der Waals surface area (Å²) in [5.41, 5.74) is 10.0. The summed E-state index contributed by atoms with van der Waals surface area (Å²) in [6.07, 6.45) is 0. The molecule has 0 aliphatic carbocycles. The van der Waals surface area contributed by atoms with E-state index in [9.17, 15) is 0 Å². The van der Waals surface area contributed by atoms with E-state index >= 15 is 0 Å². The van der Waals surface area contributed by atoms with E-state index in [1.165, 1.54) is 33.0 Å². The van der Waals surface area contributed by atoms with E-state index in [1.807, 2.05) is 18.2 Å². The molecule has 0 saturated carbocycles. The molecule has 1 aromatic heterocycles. The fourth-order valence-electron chi connectivity index (χ4n) is 6.00. The summed E-state index contributed by atoms with van der Waals surface area (Å²) in [6.45, 7) is 0. The standard InChI is InChI=1S/C42H29NO/c1-2-16-38(17-3-1)43(40-18-9-15-36(28-40)42-29-37-12-6-7-19-41(37)44-42)39-24-22-31(23-25-39)33-13-8-14-34(26-33)35-21-20-30-10-4-5-11-32(30)27-35/h1-29H. The Morgan fingerprint density at radius 3 is 1.73 bits per heavy atom. The zero-order valence-electron chi connectivity index (χ0n) is 24.1. The van der Waals surface area contributed by atoms with Gasteiger partial charge >= 0.3 is 0 Å². The molecular weight excluding hydrogens is 534 g/mol. The van der Waals surface area contributed by atoms with Crippen LogP contribution in [0.15, 0.2) is 180 Å². The first kappa shape index (κ1) is 25.8. The van der Waals surface area contributed by atoms with Crippen molar-refractivity contribution in [3.8, 4) is 33.6 Å². The number of hydrogen-bond donors (Lipinski definition) is 0. The zero-order valence-corrected chi connectivity index (χ0v) is 24.1. The van der Waals surface area contributed by atoms with Gasteiger partial charge in [0.25, 0.3) is 0 Å². The summed E-state index contributed by atoms with van der Waals surface area (Å²) >= 11 is 0. The molecule has 44 heavy (non-hydrogen) atoms. The molecule has 0 spiro atoms. The highest BCUT2D eigenvalue weighted by molar-refractivity contribution is 5.88. The Kier molecular flexibility index (Phi) is 6.51. The first-order chi connectivity index (χ1) is 21.8. The van der Waals surface area contributed by atoms with E-state index in [0.29, 0.717) is 0 Å². The highest BCUT2D eigenvalue weighted by Crippen LogP contribution is 2.38. The third-order valence-corrected chi connectivity index (χ3v) is 8.23. The van der Waals surface area contributed by atoms with Crippen LogP contribution < -0.4 is 4.90 Å². The van der Waals surface area contributed by atoms with Crippen LogP contribution in [0, 0.1) is 0 Å².